The predicted octanol–water partition coefficient (Wildman–Crippen LogP) is 3.68. The fourth-order valence-corrected chi connectivity index (χ4v) is 2.77. The summed E-state index contributed by atoms with van der Waals surface area (Å²) in [7, 11) is 3.65. The lowest BCUT2D eigenvalue weighted by Crippen LogP contribution is -2.22. The van der Waals surface area contributed by atoms with Crippen molar-refractivity contribution in [3.63, 3.8) is 0 Å². The first-order valence-electron chi connectivity index (χ1n) is 7.15. The van der Waals surface area contributed by atoms with Gasteiger partial charge >= 0.3 is 0 Å². The molecule has 0 aliphatic heterocycles. The molecule has 1 aromatic carbocycles. The van der Waals surface area contributed by atoms with Crippen molar-refractivity contribution >= 4 is 15.9 Å². The van der Waals surface area contributed by atoms with Crippen molar-refractivity contribution in [1.82, 2.24) is 15.1 Å². The number of nitrogens with one attached hydrogen (secondary N) is 1. The molecule has 5 heteroatoms. The van der Waals surface area contributed by atoms with Gasteiger partial charge in [-0.15, -0.1) is 0 Å². The van der Waals surface area contributed by atoms with Crippen LogP contribution >= 0.6 is 15.9 Å². The largest absolute Gasteiger partial charge is 0.493 e. The first-order valence-corrected chi connectivity index (χ1v) is 7.94. The van der Waals surface area contributed by atoms with Gasteiger partial charge in [-0.05, 0) is 37.6 Å². The molecule has 0 amide bonds. The minimum absolute atomic E-state index is 0.0563. The summed E-state index contributed by atoms with van der Waals surface area (Å²) in [5, 5.41) is 7.84. The van der Waals surface area contributed by atoms with Crippen LogP contribution < -0.4 is 10.1 Å². The molecule has 2 aromatic rings. The van der Waals surface area contributed by atoms with Gasteiger partial charge in [0.05, 0.1) is 19.3 Å². The van der Waals surface area contributed by atoms with Crippen molar-refractivity contribution < 1.29 is 4.74 Å². The zero-order chi connectivity index (χ0) is 15.4. The van der Waals surface area contributed by atoms with Crippen LogP contribution in [0, 0.1) is 6.92 Å². The molecule has 0 aliphatic carbocycles. The molecule has 4 nitrogen and oxygen atoms in total. The van der Waals surface area contributed by atoms with Crippen LogP contribution in [0.2, 0.25) is 0 Å². The van der Waals surface area contributed by atoms with Crippen molar-refractivity contribution in [3.05, 3.63) is 45.7 Å². The average Bonchev–Trinajstić information content (AvgIpc) is 2.87. The molecule has 0 spiro atoms. The number of nitrogens with zero attached hydrogens (tertiary/aromatic N) is 2. The highest BCUT2D eigenvalue weighted by molar-refractivity contribution is 9.10. The van der Waals surface area contributed by atoms with Crippen molar-refractivity contribution in [2.75, 3.05) is 14.2 Å². The van der Waals surface area contributed by atoms with Gasteiger partial charge in [0.1, 0.15) is 5.69 Å². The number of aromatic nitrogens is 2. The van der Waals surface area contributed by atoms with Crippen molar-refractivity contribution in [2.45, 2.75) is 32.9 Å². The van der Waals surface area contributed by atoms with Gasteiger partial charge in [0, 0.05) is 11.0 Å². The highest BCUT2D eigenvalue weighted by atomic mass is 79.9. The lowest BCUT2D eigenvalue weighted by atomic mass is 10.0. The molecule has 0 saturated carbocycles. The molecular weight excluding hydrogens is 330 g/mol. The van der Waals surface area contributed by atoms with Gasteiger partial charge in [0.2, 0.25) is 0 Å². The predicted molar refractivity (Wildman–Crippen MR) is 88.9 cm³/mol. The summed E-state index contributed by atoms with van der Waals surface area (Å²) in [6, 6.07) is 6.46. The molecular formula is C16H22BrN3O. The number of ether oxygens (including phenoxy) is 1. The fraction of sp³-hybridized carbons (Fsp3) is 0.438. The monoisotopic (exact) mass is 351 g/mol. The zero-order valence-corrected chi connectivity index (χ0v) is 14.6. The molecule has 1 heterocycles. The van der Waals surface area contributed by atoms with E-state index in [-0.39, 0.29) is 6.04 Å². The molecule has 114 valence electrons. The summed E-state index contributed by atoms with van der Waals surface area (Å²) in [5.74, 6) is 0.823. The average molecular weight is 352 g/mol. The van der Waals surface area contributed by atoms with Crippen LogP contribution in [0.5, 0.6) is 5.75 Å². The second-order valence-corrected chi connectivity index (χ2v) is 5.91. The number of halogens is 1. The number of aryl methyl sites for hydroxylation is 2. The van der Waals surface area contributed by atoms with Gasteiger partial charge in [-0.2, -0.15) is 5.10 Å². The van der Waals surface area contributed by atoms with E-state index in [9.17, 15) is 0 Å². The molecule has 0 bridgehead atoms. The smallest absolute Gasteiger partial charge is 0.161 e. The maximum atomic E-state index is 5.50. The van der Waals surface area contributed by atoms with Crippen molar-refractivity contribution in [3.8, 4) is 5.75 Å². The Morgan fingerprint density at radius 2 is 2.19 bits per heavy atom. The van der Waals surface area contributed by atoms with Crippen LogP contribution in [-0.4, -0.2) is 23.9 Å². The van der Waals surface area contributed by atoms with E-state index in [1.807, 2.05) is 11.7 Å². The normalized spacial score (nSPS) is 12.4. The zero-order valence-electron chi connectivity index (χ0n) is 13.0. The van der Waals surface area contributed by atoms with Crippen LogP contribution in [-0.2, 0) is 6.54 Å². The quantitative estimate of drug-likeness (QED) is 0.862. The highest BCUT2D eigenvalue weighted by Gasteiger charge is 2.22. The first-order chi connectivity index (χ1) is 10.1. The molecule has 0 aliphatic rings. The Kier molecular flexibility index (Phi) is 5.42. The lowest BCUT2D eigenvalue weighted by molar-refractivity contribution is 0.400. The van der Waals surface area contributed by atoms with E-state index in [1.54, 1.807) is 13.3 Å². The van der Waals surface area contributed by atoms with Crippen LogP contribution in [0.25, 0.3) is 0 Å². The number of methoxy groups -OCH3 is 1. The van der Waals surface area contributed by atoms with Gasteiger partial charge in [-0.1, -0.05) is 35.0 Å². The van der Waals surface area contributed by atoms with Crippen molar-refractivity contribution in [2.24, 2.45) is 0 Å². The fourth-order valence-electron chi connectivity index (χ4n) is 2.52. The third-order valence-corrected chi connectivity index (χ3v) is 4.47. The highest BCUT2D eigenvalue weighted by Crippen LogP contribution is 2.31. The summed E-state index contributed by atoms with van der Waals surface area (Å²) >= 11 is 3.55. The topological polar surface area (TPSA) is 39.1 Å². The van der Waals surface area contributed by atoms with E-state index in [0.29, 0.717) is 0 Å². The van der Waals surface area contributed by atoms with Crippen LogP contribution in [0.1, 0.15) is 36.2 Å². The van der Waals surface area contributed by atoms with Crippen LogP contribution in [0.15, 0.2) is 28.9 Å². The third-order valence-electron chi connectivity index (χ3n) is 3.58. The number of benzene rings is 1. The Labute approximate surface area is 134 Å². The molecule has 0 saturated heterocycles. The second-order valence-electron chi connectivity index (χ2n) is 5.05. The molecule has 1 N–H and O–H groups in total. The van der Waals surface area contributed by atoms with E-state index >= 15 is 0 Å². The van der Waals surface area contributed by atoms with E-state index in [0.717, 1.165) is 28.9 Å². The molecule has 0 fully saturated rings. The summed E-state index contributed by atoms with van der Waals surface area (Å²) in [6.07, 6.45) is 2.83. The molecule has 1 unspecified atom stereocenters. The maximum Gasteiger partial charge on any atom is 0.161 e. The lowest BCUT2D eigenvalue weighted by Gasteiger charge is -2.20. The van der Waals surface area contributed by atoms with Gasteiger partial charge in [-0.3, -0.25) is 4.68 Å². The maximum absolute atomic E-state index is 5.50. The number of hydrogen-bond acceptors (Lipinski definition) is 3. The standard InChI is InChI=1S/C16H22BrN3O/c1-5-8-20-16(14(21-4)10-19-20)15(18-3)12-6-7-13(17)11(2)9-12/h6-7,9-10,15,18H,5,8H2,1-4H3. The van der Waals surface area contributed by atoms with Crippen LogP contribution in [0.4, 0.5) is 0 Å². The Morgan fingerprint density at radius 1 is 1.43 bits per heavy atom. The molecule has 0 radical (unpaired) electrons. The molecule has 21 heavy (non-hydrogen) atoms. The van der Waals surface area contributed by atoms with Crippen molar-refractivity contribution in [1.29, 1.82) is 0 Å². The molecule has 2 rings (SSSR count). The first kappa shape index (κ1) is 16.0. The minimum atomic E-state index is 0.0563. The van der Waals surface area contributed by atoms with Gasteiger partial charge in [-0.25, -0.2) is 0 Å². The van der Waals surface area contributed by atoms with Crippen LogP contribution in [0.3, 0.4) is 0 Å². The Balaban J connectivity index is 2.49. The summed E-state index contributed by atoms with van der Waals surface area (Å²) in [4.78, 5) is 0. The van der Waals surface area contributed by atoms with Gasteiger partial charge < -0.3 is 10.1 Å². The second kappa shape index (κ2) is 7.09. The summed E-state index contributed by atoms with van der Waals surface area (Å²) in [5.41, 5.74) is 3.49. The van der Waals surface area contributed by atoms with E-state index in [1.165, 1.54) is 11.1 Å². The van der Waals surface area contributed by atoms with E-state index in [2.05, 4.69) is 58.4 Å². The third kappa shape index (κ3) is 3.30. The number of hydrogen-bond donors (Lipinski definition) is 1. The Bertz CT molecular complexity index is 610. The minimum Gasteiger partial charge on any atom is -0.493 e. The van der Waals surface area contributed by atoms with Gasteiger partial charge in [0.25, 0.3) is 0 Å². The summed E-state index contributed by atoms with van der Waals surface area (Å²) < 4.78 is 8.64. The Hall–Kier alpha value is -1.33. The Morgan fingerprint density at radius 3 is 2.76 bits per heavy atom. The van der Waals surface area contributed by atoms with Gasteiger partial charge in [0.15, 0.2) is 5.75 Å². The number of rotatable bonds is 6. The van der Waals surface area contributed by atoms with E-state index in [4.69, 9.17) is 4.74 Å². The summed E-state index contributed by atoms with van der Waals surface area (Å²) in [6.45, 7) is 5.13. The SMILES string of the molecule is CCCn1ncc(OC)c1C(NC)c1ccc(Br)c(C)c1. The van der Waals surface area contributed by atoms with E-state index < -0.39 is 0 Å². The molecule has 1 aromatic heterocycles. The molecule has 1 atom stereocenters.